The highest BCUT2D eigenvalue weighted by Gasteiger charge is 2.07. The third-order valence-corrected chi connectivity index (χ3v) is 2.00. The number of aromatic nitrogens is 5. The molecule has 15 heavy (non-hydrogen) atoms. The van der Waals surface area contributed by atoms with E-state index in [4.69, 9.17) is 5.73 Å². The fourth-order valence-electron chi connectivity index (χ4n) is 1.31. The normalized spacial score (nSPS) is 10.5. The van der Waals surface area contributed by atoms with E-state index in [0.29, 0.717) is 5.82 Å². The van der Waals surface area contributed by atoms with Crippen LogP contribution in [0.3, 0.4) is 0 Å². The van der Waals surface area contributed by atoms with Crippen LogP contribution < -0.4 is 5.73 Å². The van der Waals surface area contributed by atoms with Gasteiger partial charge >= 0.3 is 0 Å². The largest absolute Gasteiger partial charge is 0.382 e. The minimum atomic E-state index is 0.410. The molecule has 0 unspecified atom stereocenters. The summed E-state index contributed by atoms with van der Waals surface area (Å²) in [6.45, 7) is 2.90. The van der Waals surface area contributed by atoms with Gasteiger partial charge in [-0.25, -0.2) is 4.68 Å². The van der Waals surface area contributed by atoms with Crippen molar-refractivity contribution in [3.63, 3.8) is 0 Å². The lowest BCUT2D eigenvalue weighted by Crippen LogP contribution is -2.03. The molecule has 6 heteroatoms. The van der Waals surface area contributed by atoms with Crippen molar-refractivity contribution in [1.82, 2.24) is 25.2 Å². The molecule has 0 aliphatic heterocycles. The van der Waals surface area contributed by atoms with Gasteiger partial charge in [0.2, 0.25) is 0 Å². The number of anilines is 1. The van der Waals surface area contributed by atoms with Gasteiger partial charge in [0.25, 0.3) is 0 Å². The van der Waals surface area contributed by atoms with E-state index in [1.807, 2.05) is 6.07 Å². The van der Waals surface area contributed by atoms with Crippen LogP contribution >= 0.6 is 0 Å². The third-order valence-electron chi connectivity index (χ3n) is 2.00. The van der Waals surface area contributed by atoms with E-state index < -0.39 is 0 Å². The smallest absolute Gasteiger partial charge is 0.146 e. The molecule has 0 spiro atoms. The van der Waals surface area contributed by atoms with Gasteiger partial charge in [0.1, 0.15) is 17.2 Å². The van der Waals surface area contributed by atoms with Gasteiger partial charge in [0.15, 0.2) is 0 Å². The monoisotopic (exact) mass is 204 g/mol. The molecule has 0 saturated carbocycles. The average molecular weight is 204 g/mol. The Balaban J connectivity index is 2.36. The first-order valence-corrected chi connectivity index (χ1v) is 4.79. The first kappa shape index (κ1) is 9.57. The summed E-state index contributed by atoms with van der Waals surface area (Å²) >= 11 is 0. The summed E-state index contributed by atoms with van der Waals surface area (Å²) in [6, 6.07) is 3.53. The van der Waals surface area contributed by atoms with Crippen molar-refractivity contribution in [3.05, 3.63) is 18.3 Å². The van der Waals surface area contributed by atoms with Gasteiger partial charge in [-0.1, -0.05) is 12.1 Å². The van der Waals surface area contributed by atoms with Crippen LogP contribution in [0.4, 0.5) is 5.82 Å². The molecule has 0 aromatic carbocycles. The van der Waals surface area contributed by atoms with Crippen molar-refractivity contribution in [1.29, 1.82) is 0 Å². The minimum absolute atomic E-state index is 0.410. The quantitative estimate of drug-likeness (QED) is 0.796. The van der Waals surface area contributed by atoms with Gasteiger partial charge in [-0.05, 0) is 18.6 Å². The molecule has 0 aliphatic rings. The Bertz CT molecular complexity index is 432. The van der Waals surface area contributed by atoms with E-state index in [9.17, 15) is 0 Å². The first-order chi connectivity index (χ1) is 7.31. The van der Waals surface area contributed by atoms with Gasteiger partial charge in [-0.15, -0.1) is 15.3 Å². The van der Waals surface area contributed by atoms with Crippen LogP contribution in [0, 0.1) is 0 Å². The van der Waals surface area contributed by atoms with Gasteiger partial charge in [0, 0.05) is 6.54 Å². The molecule has 0 saturated heterocycles. The molecule has 0 fully saturated rings. The van der Waals surface area contributed by atoms with Gasteiger partial charge in [-0.3, -0.25) is 0 Å². The summed E-state index contributed by atoms with van der Waals surface area (Å²) in [5, 5.41) is 15.6. The highest BCUT2D eigenvalue weighted by atomic mass is 15.4. The van der Waals surface area contributed by atoms with Crippen molar-refractivity contribution in [3.8, 4) is 11.4 Å². The minimum Gasteiger partial charge on any atom is -0.382 e. The van der Waals surface area contributed by atoms with E-state index in [-0.39, 0.29) is 0 Å². The molecule has 2 heterocycles. The Morgan fingerprint density at radius 2 is 2.20 bits per heavy atom. The zero-order chi connectivity index (χ0) is 10.7. The fraction of sp³-hybridized carbons (Fsp3) is 0.333. The predicted octanol–water partition coefficient (Wildman–Crippen LogP) is 0.727. The summed E-state index contributed by atoms with van der Waals surface area (Å²) in [7, 11) is 0. The van der Waals surface area contributed by atoms with Crippen molar-refractivity contribution < 1.29 is 0 Å². The number of hydrogen-bond donors (Lipinski definition) is 1. The third kappa shape index (κ3) is 1.93. The van der Waals surface area contributed by atoms with Crippen LogP contribution in [-0.4, -0.2) is 25.2 Å². The summed E-state index contributed by atoms with van der Waals surface area (Å²) in [4.78, 5) is 0. The van der Waals surface area contributed by atoms with Gasteiger partial charge < -0.3 is 5.73 Å². The molecule has 0 bridgehead atoms. The highest BCUT2D eigenvalue weighted by molar-refractivity contribution is 5.53. The highest BCUT2D eigenvalue weighted by Crippen LogP contribution is 2.14. The summed E-state index contributed by atoms with van der Waals surface area (Å²) in [5.41, 5.74) is 7.07. The molecular weight excluding hydrogens is 192 g/mol. The molecule has 6 nitrogen and oxygen atoms in total. The van der Waals surface area contributed by atoms with E-state index in [1.54, 1.807) is 16.9 Å². The molecule has 2 rings (SSSR count). The Morgan fingerprint density at radius 3 is 2.87 bits per heavy atom. The molecule has 0 atom stereocenters. The van der Waals surface area contributed by atoms with Gasteiger partial charge in [0.05, 0.1) is 6.20 Å². The molecule has 2 aromatic heterocycles. The second-order valence-corrected chi connectivity index (χ2v) is 3.19. The molecule has 78 valence electrons. The SMILES string of the molecule is CCCn1nncc1-c1ccc(N)nn1. The number of nitrogens with two attached hydrogens (primary N) is 1. The second-order valence-electron chi connectivity index (χ2n) is 3.19. The van der Waals surface area contributed by atoms with E-state index >= 15 is 0 Å². The van der Waals surface area contributed by atoms with E-state index in [1.165, 1.54) is 0 Å². The van der Waals surface area contributed by atoms with Crippen molar-refractivity contribution >= 4 is 5.82 Å². The second kappa shape index (κ2) is 4.04. The molecule has 0 aliphatic carbocycles. The lowest BCUT2D eigenvalue weighted by atomic mass is 10.3. The number of aryl methyl sites for hydroxylation is 1. The molecule has 2 N–H and O–H groups in total. The summed E-state index contributed by atoms with van der Waals surface area (Å²) in [5.74, 6) is 0.410. The van der Waals surface area contributed by atoms with Crippen LogP contribution in [-0.2, 0) is 6.54 Å². The Kier molecular flexibility index (Phi) is 2.57. The molecule has 0 amide bonds. The number of rotatable bonds is 3. The van der Waals surface area contributed by atoms with Crippen LogP contribution in [0.1, 0.15) is 13.3 Å². The van der Waals surface area contributed by atoms with Crippen LogP contribution in [0.5, 0.6) is 0 Å². The summed E-state index contributed by atoms with van der Waals surface area (Å²) < 4.78 is 1.81. The maximum Gasteiger partial charge on any atom is 0.146 e. The van der Waals surface area contributed by atoms with Gasteiger partial charge in [-0.2, -0.15) is 0 Å². The fourth-order valence-corrected chi connectivity index (χ4v) is 1.31. The van der Waals surface area contributed by atoms with Crippen LogP contribution in [0.15, 0.2) is 18.3 Å². The van der Waals surface area contributed by atoms with Crippen molar-refractivity contribution in [2.75, 3.05) is 5.73 Å². The number of hydrogen-bond acceptors (Lipinski definition) is 5. The molecule has 2 aromatic rings. The topological polar surface area (TPSA) is 82.5 Å². The van der Waals surface area contributed by atoms with E-state index in [2.05, 4.69) is 27.4 Å². The number of nitrogens with zero attached hydrogens (tertiary/aromatic N) is 5. The Hall–Kier alpha value is -1.98. The maximum absolute atomic E-state index is 5.47. The van der Waals surface area contributed by atoms with Crippen molar-refractivity contribution in [2.24, 2.45) is 0 Å². The lowest BCUT2D eigenvalue weighted by Gasteiger charge is -2.02. The molecule has 0 radical (unpaired) electrons. The zero-order valence-electron chi connectivity index (χ0n) is 8.46. The van der Waals surface area contributed by atoms with Crippen molar-refractivity contribution in [2.45, 2.75) is 19.9 Å². The van der Waals surface area contributed by atoms with E-state index in [0.717, 1.165) is 24.4 Å². The standard InChI is InChI=1S/C9H12N6/c1-2-5-15-8(6-11-14-15)7-3-4-9(10)13-12-7/h3-4,6H,2,5H2,1H3,(H2,10,13). The lowest BCUT2D eigenvalue weighted by molar-refractivity contribution is 0.583. The maximum atomic E-state index is 5.47. The average Bonchev–Trinajstić information content (AvgIpc) is 2.68. The predicted molar refractivity (Wildman–Crippen MR) is 55.8 cm³/mol. The zero-order valence-corrected chi connectivity index (χ0v) is 8.46. The first-order valence-electron chi connectivity index (χ1n) is 4.79. The Morgan fingerprint density at radius 1 is 1.33 bits per heavy atom. The molecular formula is C9H12N6. The van der Waals surface area contributed by atoms with Crippen LogP contribution in [0.2, 0.25) is 0 Å². The summed E-state index contributed by atoms with van der Waals surface area (Å²) in [6.07, 6.45) is 2.68. The number of nitrogen functional groups attached to an aromatic ring is 1. The van der Waals surface area contributed by atoms with Crippen LogP contribution in [0.25, 0.3) is 11.4 Å². The Labute approximate surface area is 87.1 Å².